The zero-order chi connectivity index (χ0) is 14.3. The number of hydrogen-bond donors (Lipinski definition) is 2. The van der Waals surface area contributed by atoms with E-state index in [-0.39, 0.29) is 18.9 Å². The first-order valence-electron chi connectivity index (χ1n) is 6.03. The van der Waals surface area contributed by atoms with E-state index >= 15 is 0 Å². The third-order valence-corrected chi connectivity index (χ3v) is 2.94. The van der Waals surface area contributed by atoms with Crippen LogP contribution in [0.5, 0.6) is 0 Å². The van der Waals surface area contributed by atoms with Crippen LogP contribution in [-0.2, 0) is 16.0 Å². The maximum absolute atomic E-state index is 11.5. The number of rotatable bonds is 6. The minimum absolute atomic E-state index is 0.165. The van der Waals surface area contributed by atoms with E-state index in [1.165, 1.54) is 7.11 Å². The highest BCUT2D eigenvalue weighted by atomic mass is 16.5. The van der Waals surface area contributed by atoms with Crippen molar-refractivity contribution in [1.29, 1.82) is 0 Å². The molecule has 1 aromatic rings. The molecular formula is C14H19NO4. The Morgan fingerprint density at radius 1 is 1.32 bits per heavy atom. The fraction of sp³-hybridized carbons (Fsp3) is 0.429. The van der Waals surface area contributed by atoms with Gasteiger partial charge in [0.25, 0.3) is 0 Å². The first-order valence-corrected chi connectivity index (χ1v) is 6.03. The summed E-state index contributed by atoms with van der Waals surface area (Å²) in [6.07, 6.45) is -0.328. The predicted octanol–water partition coefficient (Wildman–Crippen LogP) is 2.07. The predicted molar refractivity (Wildman–Crippen MR) is 70.9 cm³/mol. The molecule has 104 valence electrons. The molecule has 0 fully saturated rings. The first kappa shape index (κ1) is 15.0. The van der Waals surface area contributed by atoms with Crippen molar-refractivity contribution in [1.82, 2.24) is 5.32 Å². The van der Waals surface area contributed by atoms with Gasteiger partial charge in [-0.05, 0) is 17.4 Å². The van der Waals surface area contributed by atoms with Crippen LogP contribution in [0.2, 0.25) is 0 Å². The van der Waals surface area contributed by atoms with E-state index in [1.54, 1.807) is 0 Å². The van der Waals surface area contributed by atoms with Crippen LogP contribution in [0.3, 0.4) is 0 Å². The minimum atomic E-state index is -1.09. The molecule has 0 radical (unpaired) electrons. The van der Waals surface area contributed by atoms with E-state index in [9.17, 15) is 9.59 Å². The highest BCUT2D eigenvalue weighted by molar-refractivity contribution is 5.70. The SMILES string of the molecule is COC(=O)CC(C)(CNC(=O)O)Cc1ccccc1. The monoisotopic (exact) mass is 265 g/mol. The number of carbonyl (C=O) groups excluding carboxylic acids is 1. The molecule has 0 saturated heterocycles. The van der Waals surface area contributed by atoms with Crippen LogP contribution in [0.15, 0.2) is 30.3 Å². The number of benzene rings is 1. The molecule has 0 aliphatic heterocycles. The molecule has 1 amide bonds. The van der Waals surface area contributed by atoms with Crippen molar-refractivity contribution in [2.75, 3.05) is 13.7 Å². The van der Waals surface area contributed by atoms with Gasteiger partial charge >= 0.3 is 12.1 Å². The number of carboxylic acid groups (broad SMARTS) is 1. The molecule has 2 N–H and O–H groups in total. The van der Waals surface area contributed by atoms with Gasteiger partial charge in [-0.15, -0.1) is 0 Å². The van der Waals surface area contributed by atoms with E-state index in [4.69, 9.17) is 5.11 Å². The highest BCUT2D eigenvalue weighted by Crippen LogP contribution is 2.26. The van der Waals surface area contributed by atoms with Gasteiger partial charge in [0, 0.05) is 6.54 Å². The summed E-state index contributed by atoms with van der Waals surface area (Å²) >= 11 is 0. The third-order valence-electron chi connectivity index (χ3n) is 2.94. The van der Waals surface area contributed by atoms with Gasteiger partial charge in [0.15, 0.2) is 0 Å². The number of nitrogens with one attached hydrogen (secondary N) is 1. The van der Waals surface area contributed by atoms with Crippen LogP contribution in [0.1, 0.15) is 18.9 Å². The van der Waals surface area contributed by atoms with E-state index in [1.807, 2.05) is 37.3 Å². The van der Waals surface area contributed by atoms with Crippen LogP contribution in [0.4, 0.5) is 4.79 Å². The van der Waals surface area contributed by atoms with Crippen molar-refractivity contribution in [3.63, 3.8) is 0 Å². The molecule has 5 heteroatoms. The smallest absolute Gasteiger partial charge is 0.404 e. The van der Waals surface area contributed by atoms with Crippen LogP contribution < -0.4 is 5.32 Å². The van der Waals surface area contributed by atoms with Crippen LogP contribution in [0, 0.1) is 5.41 Å². The lowest BCUT2D eigenvalue weighted by molar-refractivity contribution is -0.143. The van der Waals surface area contributed by atoms with Crippen molar-refractivity contribution in [2.45, 2.75) is 19.8 Å². The molecule has 0 aliphatic rings. The number of esters is 1. The zero-order valence-corrected chi connectivity index (χ0v) is 11.2. The highest BCUT2D eigenvalue weighted by Gasteiger charge is 2.29. The normalized spacial score (nSPS) is 13.4. The maximum Gasteiger partial charge on any atom is 0.404 e. The fourth-order valence-electron chi connectivity index (χ4n) is 1.99. The molecule has 19 heavy (non-hydrogen) atoms. The van der Waals surface area contributed by atoms with Crippen molar-refractivity contribution in [2.24, 2.45) is 5.41 Å². The fourth-order valence-corrected chi connectivity index (χ4v) is 1.99. The molecular weight excluding hydrogens is 246 g/mol. The van der Waals surface area contributed by atoms with Gasteiger partial charge in [0.2, 0.25) is 0 Å². The first-order chi connectivity index (χ1) is 8.95. The van der Waals surface area contributed by atoms with Gasteiger partial charge in [-0.2, -0.15) is 0 Å². The van der Waals surface area contributed by atoms with E-state index in [0.717, 1.165) is 5.56 Å². The Labute approximate surface area is 112 Å². The van der Waals surface area contributed by atoms with Crippen molar-refractivity contribution >= 4 is 12.1 Å². The van der Waals surface area contributed by atoms with Gasteiger partial charge in [-0.3, -0.25) is 4.79 Å². The van der Waals surface area contributed by atoms with E-state index < -0.39 is 11.5 Å². The lowest BCUT2D eigenvalue weighted by Crippen LogP contribution is -2.38. The summed E-state index contributed by atoms with van der Waals surface area (Å²) in [5.41, 5.74) is 0.549. The summed E-state index contributed by atoms with van der Waals surface area (Å²) in [6.45, 7) is 2.07. The molecule has 0 heterocycles. The Morgan fingerprint density at radius 2 is 1.95 bits per heavy atom. The zero-order valence-electron chi connectivity index (χ0n) is 11.2. The van der Waals surface area contributed by atoms with Gasteiger partial charge in [0.05, 0.1) is 13.5 Å². The van der Waals surface area contributed by atoms with E-state index in [2.05, 4.69) is 10.1 Å². The standard InChI is InChI=1S/C14H19NO4/c1-14(9-12(16)19-2,10-15-13(17)18)8-11-6-4-3-5-7-11/h3-7,15H,8-10H2,1-2H3,(H,17,18). The third kappa shape index (κ3) is 5.42. The molecule has 0 saturated carbocycles. The Balaban J connectivity index is 2.78. The topological polar surface area (TPSA) is 75.6 Å². The largest absolute Gasteiger partial charge is 0.469 e. The quantitative estimate of drug-likeness (QED) is 0.772. The summed E-state index contributed by atoms with van der Waals surface area (Å²) in [7, 11) is 1.33. The number of hydrogen-bond acceptors (Lipinski definition) is 3. The lowest BCUT2D eigenvalue weighted by Gasteiger charge is -2.28. The lowest BCUT2D eigenvalue weighted by atomic mass is 9.80. The Morgan fingerprint density at radius 3 is 2.47 bits per heavy atom. The van der Waals surface area contributed by atoms with Gasteiger partial charge in [-0.25, -0.2) is 4.79 Å². The molecule has 1 aromatic carbocycles. The Bertz CT molecular complexity index is 432. The summed E-state index contributed by atoms with van der Waals surface area (Å²) in [5.74, 6) is -0.342. The molecule has 1 rings (SSSR count). The number of ether oxygens (including phenoxy) is 1. The molecule has 5 nitrogen and oxygen atoms in total. The van der Waals surface area contributed by atoms with Crippen LogP contribution in [-0.4, -0.2) is 30.8 Å². The van der Waals surface area contributed by atoms with E-state index in [0.29, 0.717) is 6.42 Å². The summed E-state index contributed by atoms with van der Waals surface area (Å²) < 4.78 is 4.68. The number of carbonyl (C=O) groups is 2. The molecule has 1 atom stereocenters. The Kier molecular flexibility index (Phi) is 5.36. The van der Waals surface area contributed by atoms with Crippen LogP contribution >= 0.6 is 0 Å². The molecule has 0 spiro atoms. The minimum Gasteiger partial charge on any atom is -0.469 e. The Hall–Kier alpha value is -2.04. The van der Waals surface area contributed by atoms with Crippen molar-refractivity contribution in [3.05, 3.63) is 35.9 Å². The molecule has 0 aliphatic carbocycles. The number of methoxy groups -OCH3 is 1. The van der Waals surface area contributed by atoms with Crippen molar-refractivity contribution < 1.29 is 19.4 Å². The summed E-state index contributed by atoms with van der Waals surface area (Å²) in [6, 6.07) is 9.65. The molecule has 0 aromatic heterocycles. The summed E-state index contributed by atoms with van der Waals surface area (Å²) in [5, 5.41) is 11.1. The van der Waals surface area contributed by atoms with Gasteiger partial charge in [0.1, 0.15) is 0 Å². The number of amides is 1. The molecule has 1 unspecified atom stereocenters. The second-order valence-corrected chi connectivity index (χ2v) is 4.88. The van der Waals surface area contributed by atoms with Crippen molar-refractivity contribution in [3.8, 4) is 0 Å². The molecule has 0 bridgehead atoms. The second kappa shape index (κ2) is 6.78. The van der Waals surface area contributed by atoms with Gasteiger partial charge < -0.3 is 15.2 Å². The summed E-state index contributed by atoms with van der Waals surface area (Å²) in [4.78, 5) is 22.1. The second-order valence-electron chi connectivity index (χ2n) is 4.88. The average molecular weight is 265 g/mol. The van der Waals surface area contributed by atoms with Gasteiger partial charge in [-0.1, -0.05) is 37.3 Å². The van der Waals surface area contributed by atoms with Crippen LogP contribution in [0.25, 0.3) is 0 Å². The average Bonchev–Trinajstić information content (AvgIpc) is 2.37. The maximum atomic E-state index is 11.5.